The molecule has 2 N–H and O–H groups in total. The Morgan fingerprint density at radius 3 is 2.48 bits per heavy atom. The molecule has 5 nitrogen and oxygen atoms in total. The first-order valence-corrected chi connectivity index (χ1v) is 6.00. The number of alkyl halides is 3. The Kier molecular flexibility index (Phi) is 5.82. The quantitative estimate of drug-likeness (QED) is 0.810. The van der Waals surface area contributed by atoms with Gasteiger partial charge in [-0.1, -0.05) is 17.7 Å². The van der Waals surface area contributed by atoms with Crippen molar-refractivity contribution < 1.29 is 37.7 Å². The van der Waals surface area contributed by atoms with Crippen LogP contribution < -0.4 is 4.74 Å². The summed E-state index contributed by atoms with van der Waals surface area (Å²) in [6, 6.07) is 2.84. The van der Waals surface area contributed by atoms with E-state index in [1.807, 2.05) is 0 Å². The number of benzene rings is 1. The Bertz CT molecular complexity index is 506. The van der Waals surface area contributed by atoms with Crippen molar-refractivity contribution in [3.8, 4) is 5.75 Å². The van der Waals surface area contributed by atoms with E-state index in [0.717, 1.165) is 25.3 Å². The largest absolute Gasteiger partial charge is 0.573 e. The lowest BCUT2D eigenvalue weighted by Crippen LogP contribution is -2.23. The van der Waals surface area contributed by atoms with E-state index in [-0.39, 0.29) is 10.6 Å². The average molecular weight is 329 g/mol. The van der Waals surface area contributed by atoms with Gasteiger partial charge in [0.25, 0.3) is 0 Å². The predicted molar refractivity (Wildman–Crippen MR) is 65.7 cm³/mol. The molecule has 0 aliphatic heterocycles. The molecule has 0 saturated carbocycles. The highest BCUT2D eigenvalue weighted by molar-refractivity contribution is 6.31. The minimum absolute atomic E-state index is 0.0393. The number of esters is 1. The van der Waals surface area contributed by atoms with E-state index in [9.17, 15) is 28.2 Å². The molecule has 0 saturated heterocycles. The lowest BCUT2D eigenvalue weighted by Gasteiger charge is -2.19. The molecule has 0 radical (unpaired) electrons. The monoisotopic (exact) mass is 328 g/mol. The van der Waals surface area contributed by atoms with Gasteiger partial charge in [0.2, 0.25) is 0 Å². The maximum Gasteiger partial charge on any atom is 0.573 e. The van der Waals surface area contributed by atoms with Crippen molar-refractivity contribution in [1.82, 2.24) is 0 Å². The van der Waals surface area contributed by atoms with Crippen LogP contribution in [0.25, 0.3) is 0 Å². The second-order valence-electron chi connectivity index (χ2n) is 4.02. The highest BCUT2D eigenvalue weighted by Gasteiger charge is 2.31. The molecule has 1 aromatic carbocycles. The Hall–Kier alpha value is -1.51. The van der Waals surface area contributed by atoms with E-state index in [2.05, 4.69) is 9.47 Å². The van der Waals surface area contributed by atoms with Crippen LogP contribution in [0, 0.1) is 0 Å². The number of hydrogen-bond donors (Lipinski definition) is 2. The minimum Gasteiger partial charge on any atom is -0.469 e. The number of ether oxygens (including phenoxy) is 2. The fourth-order valence-corrected chi connectivity index (χ4v) is 1.80. The summed E-state index contributed by atoms with van der Waals surface area (Å²) in [7, 11) is 1.11. The van der Waals surface area contributed by atoms with Crippen molar-refractivity contribution in [3.05, 3.63) is 28.8 Å². The first-order valence-electron chi connectivity index (χ1n) is 5.62. The first-order chi connectivity index (χ1) is 9.64. The molecule has 21 heavy (non-hydrogen) atoms. The predicted octanol–water partition coefficient (Wildman–Crippen LogP) is 2.20. The molecule has 118 valence electrons. The van der Waals surface area contributed by atoms with E-state index >= 15 is 0 Å². The summed E-state index contributed by atoms with van der Waals surface area (Å²) in [4.78, 5) is 11.0. The summed E-state index contributed by atoms with van der Waals surface area (Å²) in [5, 5.41) is 19.2. The maximum absolute atomic E-state index is 12.0. The van der Waals surface area contributed by atoms with Crippen molar-refractivity contribution in [2.24, 2.45) is 0 Å². The van der Waals surface area contributed by atoms with Crippen LogP contribution in [-0.4, -0.2) is 35.8 Å². The van der Waals surface area contributed by atoms with E-state index in [4.69, 9.17) is 11.6 Å². The zero-order chi connectivity index (χ0) is 16.2. The van der Waals surface area contributed by atoms with Gasteiger partial charge < -0.3 is 19.7 Å². The molecule has 1 aromatic rings. The van der Waals surface area contributed by atoms with Gasteiger partial charge in [0.15, 0.2) is 0 Å². The standard InChI is InChI=1S/C12H12ClF3O5/c1-20-10(18)5-9(17)11(19)7-3-2-6(4-8(7)13)21-12(14,15)16/h2-4,9,11,17,19H,5H2,1H3. The molecule has 2 atom stereocenters. The van der Waals surface area contributed by atoms with Gasteiger partial charge in [-0.05, 0) is 12.1 Å². The van der Waals surface area contributed by atoms with Crippen LogP contribution in [0.2, 0.25) is 5.02 Å². The number of hydrogen-bond acceptors (Lipinski definition) is 5. The Morgan fingerprint density at radius 2 is 2.00 bits per heavy atom. The van der Waals surface area contributed by atoms with E-state index in [1.165, 1.54) is 0 Å². The molecule has 1 rings (SSSR count). The number of carbonyl (C=O) groups excluding carboxylic acids is 1. The van der Waals surface area contributed by atoms with Crippen LogP contribution in [0.3, 0.4) is 0 Å². The van der Waals surface area contributed by atoms with Crippen LogP contribution in [-0.2, 0) is 9.53 Å². The van der Waals surface area contributed by atoms with Crippen LogP contribution >= 0.6 is 11.6 Å². The third-order valence-electron chi connectivity index (χ3n) is 2.49. The highest BCUT2D eigenvalue weighted by atomic mass is 35.5. The second kappa shape index (κ2) is 6.97. The summed E-state index contributed by atoms with van der Waals surface area (Å²) in [5.41, 5.74) is -0.0393. The fourth-order valence-electron chi connectivity index (χ4n) is 1.52. The molecular weight excluding hydrogens is 317 g/mol. The number of carbonyl (C=O) groups is 1. The van der Waals surface area contributed by atoms with Crippen molar-refractivity contribution in [2.75, 3.05) is 7.11 Å². The molecule has 0 aromatic heterocycles. The molecule has 0 amide bonds. The topological polar surface area (TPSA) is 76.0 Å². The van der Waals surface area contributed by atoms with Crippen LogP contribution in [0.15, 0.2) is 18.2 Å². The summed E-state index contributed by atoms with van der Waals surface area (Å²) < 4.78 is 44.1. The smallest absolute Gasteiger partial charge is 0.469 e. The van der Waals surface area contributed by atoms with Gasteiger partial charge in [0.1, 0.15) is 11.9 Å². The van der Waals surface area contributed by atoms with Crippen molar-refractivity contribution in [3.63, 3.8) is 0 Å². The summed E-state index contributed by atoms with van der Waals surface area (Å²) in [6.45, 7) is 0. The van der Waals surface area contributed by atoms with Crippen molar-refractivity contribution >= 4 is 17.6 Å². The van der Waals surface area contributed by atoms with Crippen LogP contribution in [0.5, 0.6) is 5.75 Å². The van der Waals surface area contributed by atoms with E-state index in [1.54, 1.807) is 0 Å². The fraction of sp³-hybridized carbons (Fsp3) is 0.417. The summed E-state index contributed by atoms with van der Waals surface area (Å²) in [6.07, 6.45) is -8.43. The Morgan fingerprint density at radius 1 is 1.38 bits per heavy atom. The van der Waals surface area contributed by atoms with Gasteiger partial charge in [0, 0.05) is 5.56 Å². The second-order valence-corrected chi connectivity index (χ2v) is 4.43. The number of rotatable bonds is 5. The zero-order valence-electron chi connectivity index (χ0n) is 10.7. The van der Waals surface area contributed by atoms with Gasteiger partial charge in [-0.25, -0.2) is 0 Å². The van der Waals surface area contributed by atoms with Crippen molar-refractivity contribution in [1.29, 1.82) is 0 Å². The Labute approximate surface area is 122 Å². The number of halogens is 4. The first kappa shape index (κ1) is 17.5. The van der Waals surface area contributed by atoms with Gasteiger partial charge in [-0.2, -0.15) is 0 Å². The molecule has 0 bridgehead atoms. The number of aliphatic hydroxyl groups excluding tert-OH is 2. The highest BCUT2D eigenvalue weighted by Crippen LogP contribution is 2.32. The van der Waals surface area contributed by atoms with Crippen molar-refractivity contribution in [2.45, 2.75) is 25.0 Å². The van der Waals surface area contributed by atoms with Gasteiger partial charge in [0.05, 0.1) is 24.7 Å². The lowest BCUT2D eigenvalue weighted by atomic mass is 10.0. The minimum atomic E-state index is -4.87. The SMILES string of the molecule is COC(=O)CC(O)C(O)c1ccc(OC(F)(F)F)cc1Cl. The van der Waals surface area contributed by atoms with Gasteiger partial charge >= 0.3 is 12.3 Å². The molecule has 0 aliphatic carbocycles. The molecule has 9 heteroatoms. The average Bonchev–Trinajstić information content (AvgIpc) is 2.36. The molecule has 0 aliphatic rings. The molecule has 0 heterocycles. The molecule has 0 fully saturated rings. The molecular formula is C12H12ClF3O5. The van der Waals surface area contributed by atoms with Crippen LogP contribution in [0.1, 0.15) is 18.1 Å². The normalized spacial score (nSPS) is 14.4. The molecule has 2 unspecified atom stereocenters. The zero-order valence-corrected chi connectivity index (χ0v) is 11.5. The number of aliphatic hydroxyl groups is 2. The van der Waals surface area contributed by atoms with Gasteiger partial charge in [-0.15, -0.1) is 13.2 Å². The lowest BCUT2D eigenvalue weighted by molar-refractivity contribution is -0.274. The maximum atomic E-state index is 12.0. The molecule has 0 spiro atoms. The third-order valence-corrected chi connectivity index (χ3v) is 2.82. The number of methoxy groups -OCH3 is 1. The summed E-state index contributed by atoms with van der Waals surface area (Å²) >= 11 is 5.73. The third kappa shape index (κ3) is 5.41. The summed E-state index contributed by atoms with van der Waals surface area (Å²) in [5.74, 6) is -1.32. The van der Waals surface area contributed by atoms with Crippen LogP contribution in [0.4, 0.5) is 13.2 Å². The Balaban J connectivity index is 2.86. The van der Waals surface area contributed by atoms with E-state index < -0.39 is 36.7 Å². The van der Waals surface area contributed by atoms with Gasteiger partial charge in [-0.3, -0.25) is 4.79 Å². The van der Waals surface area contributed by atoms with E-state index in [0.29, 0.717) is 0 Å².